The van der Waals surface area contributed by atoms with Crippen molar-refractivity contribution in [2.75, 3.05) is 18.4 Å². The maximum atomic E-state index is 12.1. The van der Waals surface area contributed by atoms with Gasteiger partial charge in [-0.15, -0.1) is 0 Å². The first-order chi connectivity index (χ1) is 11.6. The van der Waals surface area contributed by atoms with E-state index in [4.69, 9.17) is 0 Å². The number of nitrogens with zero attached hydrogens (tertiary/aromatic N) is 1. The molecule has 1 heterocycles. The standard InChI is InChI=1S/C17H18N4O3/c1-12(22)21-15-4-2-3-14(11-15)17(24)20-10-9-19-16(23)13-5-7-18-8-6-13/h2-8,11H,9-10H2,1H3,(H,19,23)(H,20,24)(H,21,22). The quantitative estimate of drug-likeness (QED) is 0.694. The fourth-order valence-corrected chi connectivity index (χ4v) is 2.00. The van der Waals surface area contributed by atoms with E-state index < -0.39 is 0 Å². The zero-order chi connectivity index (χ0) is 17.4. The maximum Gasteiger partial charge on any atom is 0.251 e. The van der Waals surface area contributed by atoms with Crippen LogP contribution in [0.1, 0.15) is 27.6 Å². The molecule has 1 aromatic heterocycles. The smallest absolute Gasteiger partial charge is 0.251 e. The minimum absolute atomic E-state index is 0.202. The maximum absolute atomic E-state index is 12.1. The second-order valence-electron chi connectivity index (χ2n) is 5.01. The lowest BCUT2D eigenvalue weighted by molar-refractivity contribution is -0.114. The van der Waals surface area contributed by atoms with Crippen LogP contribution in [0, 0.1) is 0 Å². The number of aromatic nitrogens is 1. The van der Waals surface area contributed by atoms with Gasteiger partial charge in [-0.3, -0.25) is 19.4 Å². The highest BCUT2D eigenvalue weighted by atomic mass is 16.2. The van der Waals surface area contributed by atoms with Crippen molar-refractivity contribution in [2.45, 2.75) is 6.92 Å². The fraction of sp³-hybridized carbons (Fsp3) is 0.176. The number of rotatable bonds is 6. The van der Waals surface area contributed by atoms with Crippen LogP contribution in [0.25, 0.3) is 0 Å². The van der Waals surface area contributed by atoms with Crippen molar-refractivity contribution in [1.82, 2.24) is 15.6 Å². The molecule has 7 nitrogen and oxygen atoms in total. The summed E-state index contributed by atoms with van der Waals surface area (Å²) in [4.78, 5) is 38.7. The van der Waals surface area contributed by atoms with Gasteiger partial charge in [0.2, 0.25) is 5.91 Å². The minimum atomic E-state index is -0.277. The Balaban J connectivity index is 1.79. The second kappa shape index (κ2) is 8.42. The predicted octanol–water partition coefficient (Wildman–Crippen LogP) is 1.20. The predicted molar refractivity (Wildman–Crippen MR) is 89.6 cm³/mol. The van der Waals surface area contributed by atoms with Crippen molar-refractivity contribution in [3.63, 3.8) is 0 Å². The normalized spacial score (nSPS) is 9.88. The molecule has 0 aliphatic carbocycles. The molecule has 124 valence electrons. The SMILES string of the molecule is CC(=O)Nc1cccc(C(=O)NCCNC(=O)c2ccncc2)c1. The number of hydrogen-bond donors (Lipinski definition) is 3. The molecule has 0 radical (unpaired) electrons. The summed E-state index contributed by atoms with van der Waals surface area (Å²) < 4.78 is 0. The van der Waals surface area contributed by atoms with E-state index in [1.165, 1.54) is 6.92 Å². The Bertz CT molecular complexity index is 732. The number of hydrogen-bond acceptors (Lipinski definition) is 4. The van der Waals surface area contributed by atoms with Gasteiger partial charge in [0.25, 0.3) is 11.8 Å². The molecule has 0 spiro atoms. The zero-order valence-corrected chi connectivity index (χ0v) is 13.2. The highest BCUT2D eigenvalue weighted by molar-refractivity contribution is 5.97. The monoisotopic (exact) mass is 326 g/mol. The molecule has 0 atom stereocenters. The average Bonchev–Trinajstić information content (AvgIpc) is 2.58. The second-order valence-corrected chi connectivity index (χ2v) is 5.01. The summed E-state index contributed by atoms with van der Waals surface area (Å²) in [6.07, 6.45) is 3.08. The van der Waals surface area contributed by atoms with Crippen LogP contribution in [0.15, 0.2) is 48.8 Å². The van der Waals surface area contributed by atoms with Crippen LogP contribution in [-0.2, 0) is 4.79 Å². The summed E-state index contributed by atoms with van der Waals surface area (Å²) in [5.74, 6) is -0.703. The van der Waals surface area contributed by atoms with Crippen molar-refractivity contribution in [1.29, 1.82) is 0 Å². The lowest BCUT2D eigenvalue weighted by Crippen LogP contribution is -2.34. The summed E-state index contributed by atoms with van der Waals surface area (Å²) in [6, 6.07) is 9.85. The number of amides is 3. The van der Waals surface area contributed by atoms with Crippen molar-refractivity contribution in [3.05, 3.63) is 59.9 Å². The van der Waals surface area contributed by atoms with Crippen LogP contribution in [-0.4, -0.2) is 35.8 Å². The number of carbonyl (C=O) groups excluding carboxylic acids is 3. The van der Waals surface area contributed by atoms with Crippen LogP contribution in [0.4, 0.5) is 5.69 Å². The van der Waals surface area contributed by atoms with Crippen molar-refractivity contribution in [3.8, 4) is 0 Å². The molecular weight excluding hydrogens is 308 g/mol. The van der Waals surface area contributed by atoms with E-state index in [2.05, 4.69) is 20.9 Å². The van der Waals surface area contributed by atoms with E-state index in [0.717, 1.165) is 0 Å². The summed E-state index contributed by atoms with van der Waals surface area (Å²) in [5, 5.41) is 8.03. The van der Waals surface area contributed by atoms with Crippen LogP contribution in [0.2, 0.25) is 0 Å². The van der Waals surface area contributed by atoms with Gasteiger partial charge in [-0.25, -0.2) is 0 Å². The molecule has 3 amide bonds. The molecule has 24 heavy (non-hydrogen) atoms. The number of pyridine rings is 1. The Hall–Kier alpha value is -3.22. The van der Waals surface area contributed by atoms with Gasteiger partial charge in [0.05, 0.1) is 0 Å². The van der Waals surface area contributed by atoms with Crippen molar-refractivity contribution >= 4 is 23.4 Å². The highest BCUT2D eigenvalue weighted by Crippen LogP contribution is 2.10. The van der Waals surface area contributed by atoms with Gasteiger partial charge in [0, 0.05) is 49.2 Å². The molecule has 2 rings (SSSR count). The van der Waals surface area contributed by atoms with Crippen LogP contribution < -0.4 is 16.0 Å². The van der Waals surface area contributed by atoms with Crippen LogP contribution >= 0.6 is 0 Å². The first-order valence-electron chi connectivity index (χ1n) is 7.40. The molecule has 3 N–H and O–H groups in total. The molecule has 0 saturated heterocycles. The lowest BCUT2D eigenvalue weighted by atomic mass is 10.2. The van der Waals surface area contributed by atoms with E-state index in [1.54, 1.807) is 48.8 Å². The largest absolute Gasteiger partial charge is 0.350 e. The molecule has 7 heteroatoms. The first-order valence-corrected chi connectivity index (χ1v) is 7.40. The molecule has 0 bridgehead atoms. The number of anilines is 1. The average molecular weight is 326 g/mol. The Kier molecular flexibility index (Phi) is 6.01. The van der Waals surface area contributed by atoms with E-state index in [9.17, 15) is 14.4 Å². The summed E-state index contributed by atoms with van der Waals surface area (Å²) in [7, 11) is 0. The Morgan fingerprint density at radius 2 is 1.54 bits per heavy atom. The van der Waals surface area contributed by atoms with Crippen molar-refractivity contribution < 1.29 is 14.4 Å². The molecule has 0 aliphatic heterocycles. The van der Waals surface area contributed by atoms with Gasteiger partial charge in [-0.1, -0.05) is 6.07 Å². The Morgan fingerprint density at radius 1 is 0.917 bits per heavy atom. The number of nitrogens with one attached hydrogen (secondary N) is 3. The summed E-state index contributed by atoms with van der Waals surface area (Å²) >= 11 is 0. The zero-order valence-electron chi connectivity index (χ0n) is 13.2. The van der Waals surface area contributed by atoms with Gasteiger partial charge in [0.15, 0.2) is 0 Å². The Morgan fingerprint density at radius 3 is 2.17 bits per heavy atom. The number of carbonyl (C=O) groups is 3. The molecule has 0 saturated carbocycles. The minimum Gasteiger partial charge on any atom is -0.350 e. The molecule has 2 aromatic rings. The van der Waals surface area contributed by atoms with E-state index in [0.29, 0.717) is 29.9 Å². The van der Waals surface area contributed by atoms with Crippen molar-refractivity contribution in [2.24, 2.45) is 0 Å². The van der Waals surface area contributed by atoms with Gasteiger partial charge < -0.3 is 16.0 Å². The van der Waals surface area contributed by atoms with E-state index in [1.807, 2.05) is 0 Å². The number of benzene rings is 1. The molecule has 1 aromatic carbocycles. The topological polar surface area (TPSA) is 100 Å². The highest BCUT2D eigenvalue weighted by Gasteiger charge is 2.07. The molecular formula is C17H18N4O3. The van der Waals surface area contributed by atoms with Crippen LogP contribution in [0.5, 0.6) is 0 Å². The summed E-state index contributed by atoms with van der Waals surface area (Å²) in [6.45, 7) is 2.00. The van der Waals surface area contributed by atoms with E-state index >= 15 is 0 Å². The van der Waals surface area contributed by atoms with E-state index in [-0.39, 0.29) is 17.7 Å². The lowest BCUT2D eigenvalue weighted by Gasteiger charge is -2.08. The summed E-state index contributed by atoms with van der Waals surface area (Å²) in [5.41, 5.74) is 1.50. The molecule has 0 fully saturated rings. The van der Waals surface area contributed by atoms with Crippen LogP contribution in [0.3, 0.4) is 0 Å². The van der Waals surface area contributed by atoms with Gasteiger partial charge in [0.1, 0.15) is 0 Å². The molecule has 0 aliphatic rings. The molecule has 0 unspecified atom stereocenters. The van der Waals surface area contributed by atoms with Gasteiger partial charge >= 0.3 is 0 Å². The third-order valence-corrected chi connectivity index (χ3v) is 3.08. The van der Waals surface area contributed by atoms with Gasteiger partial charge in [-0.05, 0) is 30.3 Å². The Labute approximate surface area is 139 Å². The first kappa shape index (κ1) is 17.1. The fourth-order valence-electron chi connectivity index (χ4n) is 2.00. The van der Waals surface area contributed by atoms with Gasteiger partial charge in [-0.2, -0.15) is 0 Å². The third kappa shape index (κ3) is 5.20. The third-order valence-electron chi connectivity index (χ3n) is 3.08.